The first-order valence-electron chi connectivity index (χ1n) is 6.34. The Bertz CT molecular complexity index is 711. The van der Waals surface area contributed by atoms with Crippen LogP contribution >= 0.6 is 34.8 Å². The van der Waals surface area contributed by atoms with Gasteiger partial charge in [-0.3, -0.25) is 4.79 Å². The Balaban J connectivity index is 2.10. The van der Waals surface area contributed by atoms with Crippen molar-refractivity contribution in [2.45, 2.75) is 13.0 Å². The van der Waals surface area contributed by atoms with E-state index in [1.807, 2.05) is 0 Å². The summed E-state index contributed by atoms with van der Waals surface area (Å²) in [4.78, 5) is 24.2. The van der Waals surface area contributed by atoms with Crippen molar-refractivity contribution >= 4 is 46.6 Å². The Kier molecular flexibility index (Phi) is 5.46. The summed E-state index contributed by atoms with van der Waals surface area (Å²) in [5.74, 6) is -1.01. The van der Waals surface area contributed by atoms with Crippen molar-refractivity contribution in [2.24, 2.45) is 0 Å². The van der Waals surface area contributed by atoms with Crippen LogP contribution in [0.1, 0.15) is 27.6 Å². The van der Waals surface area contributed by atoms with Gasteiger partial charge in [-0.15, -0.1) is 0 Å². The number of rotatable bonds is 4. The molecular weight excluding hydrogens is 347 g/mol. The molecule has 0 aromatic heterocycles. The molecule has 6 heteroatoms. The second-order valence-electron chi connectivity index (χ2n) is 4.54. The number of benzene rings is 2. The van der Waals surface area contributed by atoms with Gasteiger partial charge >= 0.3 is 5.97 Å². The molecule has 2 aromatic carbocycles. The first kappa shape index (κ1) is 16.8. The fraction of sp³-hybridized carbons (Fsp3) is 0.125. The Morgan fingerprint density at radius 3 is 2.14 bits per heavy atom. The van der Waals surface area contributed by atoms with E-state index in [-0.39, 0.29) is 16.4 Å². The molecule has 1 atom stereocenters. The molecule has 0 amide bonds. The van der Waals surface area contributed by atoms with Crippen molar-refractivity contribution in [3.05, 3.63) is 68.7 Å². The molecule has 0 spiro atoms. The summed E-state index contributed by atoms with van der Waals surface area (Å²) in [6.45, 7) is 1.50. The standard InChI is InChI=1S/C16H11Cl3O3/c1-9(15(20)10-2-4-11(17)5-3-10)22-16(21)13-7-6-12(18)8-14(13)19/h2-9H,1H3/t9-/m0/s1. The number of carbonyl (C=O) groups excluding carboxylic acids is 2. The van der Waals surface area contributed by atoms with E-state index in [4.69, 9.17) is 39.5 Å². The van der Waals surface area contributed by atoms with Gasteiger partial charge < -0.3 is 4.74 Å². The summed E-state index contributed by atoms with van der Waals surface area (Å²) in [6, 6.07) is 10.8. The SMILES string of the molecule is C[C@H](OC(=O)c1ccc(Cl)cc1Cl)C(=O)c1ccc(Cl)cc1. The summed E-state index contributed by atoms with van der Waals surface area (Å²) < 4.78 is 5.15. The van der Waals surface area contributed by atoms with Crippen molar-refractivity contribution in [3.8, 4) is 0 Å². The van der Waals surface area contributed by atoms with Crippen molar-refractivity contribution in [1.29, 1.82) is 0 Å². The van der Waals surface area contributed by atoms with Crippen LogP contribution in [0.4, 0.5) is 0 Å². The van der Waals surface area contributed by atoms with Gasteiger partial charge in [0.1, 0.15) is 0 Å². The smallest absolute Gasteiger partial charge is 0.340 e. The second-order valence-corrected chi connectivity index (χ2v) is 5.82. The summed E-state index contributed by atoms with van der Waals surface area (Å²) in [7, 11) is 0. The first-order valence-corrected chi connectivity index (χ1v) is 7.47. The van der Waals surface area contributed by atoms with E-state index in [0.29, 0.717) is 15.6 Å². The van der Waals surface area contributed by atoms with Crippen LogP contribution in [0.2, 0.25) is 15.1 Å². The molecule has 2 aromatic rings. The molecule has 3 nitrogen and oxygen atoms in total. The van der Waals surface area contributed by atoms with E-state index in [1.54, 1.807) is 24.3 Å². The Labute approximate surface area is 142 Å². The lowest BCUT2D eigenvalue weighted by atomic mass is 10.1. The average Bonchev–Trinajstić information content (AvgIpc) is 2.47. The lowest BCUT2D eigenvalue weighted by molar-refractivity contribution is 0.0319. The number of esters is 1. The van der Waals surface area contributed by atoms with Crippen LogP contribution in [0.5, 0.6) is 0 Å². The minimum atomic E-state index is -0.944. The Hall–Kier alpha value is -1.55. The van der Waals surface area contributed by atoms with Crippen LogP contribution in [-0.2, 0) is 4.74 Å². The van der Waals surface area contributed by atoms with Gasteiger partial charge in [0.15, 0.2) is 6.10 Å². The lowest BCUT2D eigenvalue weighted by Gasteiger charge is -2.13. The first-order chi connectivity index (χ1) is 10.4. The zero-order valence-electron chi connectivity index (χ0n) is 11.5. The van der Waals surface area contributed by atoms with Crippen molar-refractivity contribution < 1.29 is 14.3 Å². The lowest BCUT2D eigenvalue weighted by Crippen LogP contribution is -2.24. The van der Waals surface area contributed by atoms with Gasteiger partial charge in [-0.1, -0.05) is 34.8 Å². The normalized spacial score (nSPS) is 11.8. The van der Waals surface area contributed by atoms with Crippen LogP contribution < -0.4 is 0 Å². The maximum atomic E-state index is 12.2. The zero-order chi connectivity index (χ0) is 16.3. The van der Waals surface area contributed by atoms with E-state index in [1.165, 1.54) is 25.1 Å². The molecular formula is C16H11Cl3O3. The van der Waals surface area contributed by atoms with Crippen LogP contribution in [0, 0.1) is 0 Å². The van der Waals surface area contributed by atoms with Gasteiger partial charge in [0, 0.05) is 15.6 Å². The van der Waals surface area contributed by atoms with E-state index in [9.17, 15) is 9.59 Å². The van der Waals surface area contributed by atoms with Crippen LogP contribution in [0.3, 0.4) is 0 Å². The highest BCUT2D eigenvalue weighted by Crippen LogP contribution is 2.22. The monoisotopic (exact) mass is 356 g/mol. The van der Waals surface area contributed by atoms with Crippen LogP contribution in [-0.4, -0.2) is 17.9 Å². The molecule has 114 valence electrons. The fourth-order valence-corrected chi connectivity index (χ4v) is 2.39. The maximum Gasteiger partial charge on any atom is 0.340 e. The van der Waals surface area contributed by atoms with E-state index < -0.39 is 12.1 Å². The quantitative estimate of drug-likeness (QED) is 0.566. The van der Waals surface area contributed by atoms with Crippen molar-refractivity contribution in [1.82, 2.24) is 0 Å². The molecule has 0 aliphatic rings. The minimum absolute atomic E-state index is 0.154. The molecule has 0 bridgehead atoms. The molecule has 0 aliphatic heterocycles. The van der Waals surface area contributed by atoms with Crippen LogP contribution in [0.15, 0.2) is 42.5 Å². The number of carbonyl (C=O) groups is 2. The maximum absolute atomic E-state index is 12.2. The molecule has 0 radical (unpaired) electrons. The van der Waals surface area contributed by atoms with E-state index in [2.05, 4.69) is 0 Å². The molecule has 0 fully saturated rings. The number of ether oxygens (including phenoxy) is 1. The number of hydrogen-bond donors (Lipinski definition) is 0. The minimum Gasteiger partial charge on any atom is -0.451 e. The molecule has 0 saturated carbocycles. The van der Waals surface area contributed by atoms with Gasteiger partial charge in [-0.25, -0.2) is 4.79 Å². The highest BCUT2D eigenvalue weighted by molar-refractivity contribution is 6.36. The highest BCUT2D eigenvalue weighted by atomic mass is 35.5. The van der Waals surface area contributed by atoms with Gasteiger partial charge in [-0.05, 0) is 49.4 Å². The van der Waals surface area contributed by atoms with Crippen LogP contribution in [0.25, 0.3) is 0 Å². The summed E-state index contributed by atoms with van der Waals surface area (Å²) in [5.41, 5.74) is 0.564. The summed E-state index contributed by atoms with van der Waals surface area (Å²) in [5, 5.41) is 1.10. The highest BCUT2D eigenvalue weighted by Gasteiger charge is 2.21. The number of ketones is 1. The Morgan fingerprint density at radius 2 is 1.55 bits per heavy atom. The molecule has 0 heterocycles. The fourth-order valence-electron chi connectivity index (χ4n) is 1.78. The van der Waals surface area contributed by atoms with Gasteiger partial charge in [0.2, 0.25) is 5.78 Å². The predicted octanol–water partition coefficient (Wildman–Crippen LogP) is 5.08. The van der Waals surface area contributed by atoms with Gasteiger partial charge in [0.25, 0.3) is 0 Å². The predicted molar refractivity (Wildman–Crippen MR) is 87.1 cm³/mol. The largest absolute Gasteiger partial charge is 0.451 e. The second kappa shape index (κ2) is 7.14. The van der Waals surface area contributed by atoms with Crippen molar-refractivity contribution in [2.75, 3.05) is 0 Å². The molecule has 0 saturated heterocycles. The van der Waals surface area contributed by atoms with E-state index in [0.717, 1.165) is 0 Å². The van der Waals surface area contributed by atoms with Gasteiger partial charge in [-0.2, -0.15) is 0 Å². The number of hydrogen-bond acceptors (Lipinski definition) is 3. The number of halogens is 3. The Morgan fingerprint density at radius 1 is 0.955 bits per heavy atom. The zero-order valence-corrected chi connectivity index (χ0v) is 13.7. The van der Waals surface area contributed by atoms with Gasteiger partial charge in [0.05, 0.1) is 10.6 Å². The van der Waals surface area contributed by atoms with E-state index >= 15 is 0 Å². The third kappa shape index (κ3) is 4.01. The molecule has 0 aliphatic carbocycles. The molecule has 2 rings (SSSR count). The summed E-state index contributed by atoms with van der Waals surface area (Å²) in [6.07, 6.45) is -0.944. The van der Waals surface area contributed by atoms with Crippen molar-refractivity contribution in [3.63, 3.8) is 0 Å². The molecule has 0 unspecified atom stereocenters. The third-order valence-electron chi connectivity index (χ3n) is 2.93. The topological polar surface area (TPSA) is 43.4 Å². The summed E-state index contributed by atoms with van der Waals surface area (Å²) >= 11 is 17.5. The number of Topliss-reactive ketones (excluding diaryl/α,β-unsaturated/α-hetero) is 1. The average molecular weight is 358 g/mol. The third-order valence-corrected chi connectivity index (χ3v) is 3.73. The molecule has 0 N–H and O–H groups in total. The molecule has 22 heavy (non-hydrogen) atoms.